The van der Waals surface area contributed by atoms with Crippen molar-refractivity contribution in [3.05, 3.63) is 34.6 Å². The molecule has 1 aromatic rings. The summed E-state index contributed by atoms with van der Waals surface area (Å²) in [7, 11) is -4.42. The van der Waals surface area contributed by atoms with Crippen molar-refractivity contribution >= 4 is 32.4 Å². The fourth-order valence-electron chi connectivity index (χ4n) is 1.40. The predicted octanol–water partition coefficient (Wildman–Crippen LogP) is 1.67. The largest absolute Gasteiger partial charge is 0.260 e. The molecule has 0 spiro atoms. The third kappa shape index (κ3) is 6.47. The van der Waals surface area contributed by atoms with Crippen molar-refractivity contribution in [2.24, 2.45) is 0 Å². The number of benzene rings is 1. The lowest BCUT2D eigenvalue weighted by molar-refractivity contribution is 0.579. The molecule has 1 N–H and O–H groups in total. The van der Waals surface area contributed by atoms with E-state index >= 15 is 0 Å². The average Bonchev–Trinajstić information content (AvgIpc) is 2.29. The van der Waals surface area contributed by atoms with Crippen molar-refractivity contribution in [3.63, 3.8) is 0 Å². The van der Waals surface area contributed by atoms with Gasteiger partial charge in [-0.25, -0.2) is 17.5 Å². The van der Waals surface area contributed by atoms with Gasteiger partial charge in [-0.3, -0.25) is 4.21 Å². The Hall–Kier alpha value is -0.500. The Balaban J connectivity index is 2.54. The van der Waals surface area contributed by atoms with Gasteiger partial charge in [-0.15, -0.1) is 0 Å². The molecule has 1 unspecified atom stereocenters. The molecule has 1 rings (SSSR count). The van der Waals surface area contributed by atoms with E-state index in [-0.39, 0.29) is 17.3 Å². The Morgan fingerprint density at radius 1 is 1.42 bits per heavy atom. The molecule has 0 aliphatic heterocycles. The van der Waals surface area contributed by atoms with Crippen LogP contribution in [0.1, 0.15) is 12.0 Å². The minimum Gasteiger partial charge on any atom is -0.260 e. The summed E-state index contributed by atoms with van der Waals surface area (Å²) in [5.74, 6) is -0.395. The Labute approximate surface area is 119 Å². The van der Waals surface area contributed by atoms with Crippen LogP contribution < -0.4 is 4.72 Å². The van der Waals surface area contributed by atoms with Crippen LogP contribution in [-0.2, 0) is 26.6 Å². The molecule has 1 atom stereocenters. The van der Waals surface area contributed by atoms with Crippen LogP contribution in [0, 0.1) is 5.82 Å². The maximum atomic E-state index is 12.9. The number of rotatable bonds is 7. The van der Waals surface area contributed by atoms with Crippen LogP contribution in [0.15, 0.2) is 18.2 Å². The molecule has 19 heavy (non-hydrogen) atoms. The normalized spacial score (nSPS) is 13.4. The second-order valence-corrected chi connectivity index (χ2v) is 7.80. The van der Waals surface area contributed by atoms with Gasteiger partial charge in [0.25, 0.3) is 0 Å². The van der Waals surface area contributed by atoms with Crippen molar-refractivity contribution in [1.82, 2.24) is 4.72 Å². The lowest BCUT2D eigenvalue weighted by Crippen LogP contribution is -2.27. The van der Waals surface area contributed by atoms with Gasteiger partial charge in [-0.1, -0.05) is 17.7 Å². The molecule has 1 aromatic carbocycles. The summed E-state index contributed by atoms with van der Waals surface area (Å²) in [6.07, 6.45) is 2.07. The highest BCUT2D eigenvalue weighted by atomic mass is 35.5. The van der Waals surface area contributed by atoms with Gasteiger partial charge in [0, 0.05) is 29.4 Å². The van der Waals surface area contributed by atoms with Crippen LogP contribution >= 0.6 is 11.6 Å². The molecule has 0 aliphatic carbocycles. The summed E-state index contributed by atoms with van der Waals surface area (Å²) in [6.45, 7) is 0.233. The minimum absolute atomic E-state index is 0.103. The lowest BCUT2D eigenvalue weighted by Gasteiger charge is -2.07. The Kier molecular flexibility index (Phi) is 6.38. The van der Waals surface area contributed by atoms with Crippen molar-refractivity contribution in [2.45, 2.75) is 12.2 Å². The highest BCUT2D eigenvalue weighted by Gasteiger charge is 2.12. The number of nitrogens with one attached hydrogen (secondary N) is 1. The summed E-state index contributed by atoms with van der Waals surface area (Å²) < 4.78 is 49.6. The molecule has 0 heterocycles. The molecule has 0 aromatic heterocycles. The quantitative estimate of drug-likeness (QED) is 0.775. The van der Waals surface area contributed by atoms with Gasteiger partial charge in [0.1, 0.15) is 5.82 Å². The maximum absolute atomic E-state index is 12.9. The Morgan fingerprint density at radius 2 is 2.11 bits per heavy atom. The maximum Gasteiger partial charge on any atom is 0.215 e. The van der Waals surface area contributed by atoms with Crippen LogP contribution in [0.2, 0.25) is 5.02 Å². The van der Waals surface area contributed by atoms with E-state index in [0.29, 0.717) is 17.7 Å². The zero-order valence-corrected chi connectivity index (χ0v) is 12.7. The zero-order chi connectivity index (χ0) is 14.5. The summed E-state index contributed by atoms with van der Waals surface area (Å²) in [5, 5.41) is -0.103. The van der Waals surface area contributed by atoms with Crippen LogP contribution in [0.25, 0.3) is 0 Å². The van der Waals surface area contributed by atoms with E-state index in [0.717, 1.165) is 6.07 Å². The average molecular weight is 328 g/mol. The summed E-state index contributed by atoms with van der Waals surface area (Å²) >= 11 is 5.58. The van der Waals surface area contributed by atoms with Crippen molar-refractivity contribution in [2.75, 3.05) is 18.6 Å². The van der Waals surface area contributed by atoms with Gasteiger partial charge in [0.15, 0.2) is 0 Å². The highest BCUT2D eigenvalue weighted by Crippen LogP contribution is 2.17. The standard InChI is InChI=1S/C11H15ClFNO3S2/c1-18(15)6-2-5-14-19(16,17)8-9-3-4-11(13)10(12)7-9/h3-4,7,14H,2,5-6,8H2,1H3. The van der Waals surface area contributed by atoms with Gasteiger partial charge in [0.2, 0.25) is 10.0 Å². The Bertz CT molecular complexity index is 563. The fraction of sp³-hybridized carbons (Fsp3) is 0.455. The smallest absolute Gasteiger partial charge is 0.215 e. The van der Waals surface area contributed by atoms with Crippen LogP contribution in [0.3, 0.4) is 0 Å². The zero-order valence-electron chi connectivity index (χ0n) is 10.4. The van der Waals surface area contributed by atoms with E-state index < -0.39 is 26.6 Å². The third-order valence-corrected chi connectivity index (χ3v) is 4.78. The van der Waals surface area contributed by atoms with E-state index in [4.69, 9.17) is 11.6 Å². The summed E-state index contributed by atoms with van der Waals surface area (Å²) in [5.41, 5.74) is 0.415. The SMILES string of the molecule is CS(=O)CCCNS(=O)(=O)Cc1ccc(F)c(Cl)c1. The van der Waals surface area contributed by atoms with Crippen LogP contribution in [0.4, 0.5) is 4.39 Å². The van der Waals surface area contributed by atoms with Crippen molar-refractivity contribution < 1.29 is 17.0 Å². The molecule has 4 nitrogen and oxygen atoms in total. The van der Waals surface area contributed by atoms with E-state index in [1.807, 2.05) is 0 Å². The first kappa shape index (κ1) is 16.6. The van der Waals surface area contributed by atoms with Gasteiger partial charge in [0.05, 0.1) is 10.8 Å². The second kappa shape index (κ2) is 7.33. The van der Waals surface area contributed by atoms with Crippen molar-refractivity contribution in [1.29, 1.82) is 0 Å². The monoisotopic (exact) mass is 327 g/mol. The molecule has 0 fully saturated rings. The molecule has 0 bridgehead atoms. The van der Waals surface area contributed by atoms with Gasteiger partial charge >= 0.3 is 0 Å². The first-order chi connectivity index (χ1) is 8.80. The van der Waals surface area contributed by atoms with E-state index in [1.54, 1.807) is 6.26 Å². The first-order valence-corrected chi connectivity index (χ1v) is 9.27. The third-order valence-electron chi connectivity index (χ3n) is 2.27. The number of hydrogen-bond donors (Lipinski definition) is 1. The van der Waals surface area contributed by atoms with E-state index in [2.05, 4.69) is 4.72 Å². The topological polar surface area (TPSA) is 63.2 Å². The summed E-state index contributed by atoms with van der Waals surface area (Å²) in [6, 6.07) is 3.80. The lowest BCUT2D eigenvalue weighted by atomic mass is 10.2. The predicted molar refractivity (Wildman–Crippen MR) is 75.6 cm³/mol. The molecular weight excluding hydrogens is 313 g/mol. The van der Waals surface area contributed by atoms with Crippen molar-refractivity contribution in [3.8, 4) is 0 Å². The molecule has 0 amide bonds. The Morgan fingerprint density at radius 3 is 2.68 bits per heavy atom. The number of hydrogen-bond acceptors (Lipinski definition) is 3. The number of sulfonamides is 1. The highest BCUT2D eigenvalue weighted by molar-refractivity contribution is 7.88. The fourth-order valence-corrected chi connectivity index (χ4v) is 3.33. The molecule has 0 aliphatic rings. The van der Waals surface area contributed by atoms with Gasteiger partial charge in [-0.2, -0.15) is 0 Å². The van der Waals surface area contributed by atoms with E-state index in [1.165, 1.54) is 12.1 Å². The summed E-state index contributed by atoms with van der Waals surface area (Å²) in [4.78, 5) is 0. The van der Waals surface area contributed by atoms with Crippen LogP contribution in [-0.4, -0.2) is 31.2 Å². The molecule has 0 saturated carbocycles. The van der Waals surface area contributed by atoms with E-state index in [9.17, 15) is 17.0 Å². The second-order valence-electron chi connectivity index (χ2n) is 4.03. The molecule has 0 radical (unpaired) electrons. The minimum atomic E-state index is -3.49. The first-order valence-electron chi connectivity index (χ1n) is 5.51. The molecular formula is C11H15ClFNO3S2. The molecule has 8 heteroatoms. The van der Waals surface area contributed by atoms with Crippen LogP contribution in [0.5, 0.6) is 0 Å². The van der Waals surface area contributed by atoms with Gasteiger partial charge in [-0.05, 0) is 24.1 Å². The van der Waals surface area contributed by atoms with Gasteiger partial charge < -0.3 is 0 Å². The molecule has 0 saturated heterocycles. The molecule has 108 valence electrons. The number of halogens is 2.